The number of rotatable bonds is 3. The Morgan fingerprint density at radius 3 is 1.50 bits per heavy atom. The van der Waals surface area contributed by atoms with Crippen LogP contribution in [0.4, 0.5) is 0 Å². The van der Waals surface area contributed by atoms with Gasteiger partial charge in [-0.2, -0.15) is 0 Å². The van der Waals surface area contributed by atoms with E-state index in [-0.39, 0.29) is 0 Å². The predicted molar refractivity (Wildman–Crippen MR) is 66.5 cm³/mol. The summed E-state index contributed by atoms with van der Waals surface area (Å²) in [6.07, 6.45) is 2.70. The molecule has 0 saturated carbocycles. The van der Waals surface area contributed by atoms with Gasteiger partial charge in [-0.05, 0) is 35.5 Å². The standard InChI is InChI=1S/C14H30/c1-11(2)9-12(14(6,7)8)10-13(3,4)5/h11-12H,9-10H2,1-8H3. The molecule has 0 aromatic rings. The van der Waals surface area contributed by atoms with E-state index in [1.165, 1.54) is 12.8 Å². The van der Waals surface area contributed by atoms with E-state index >= 15 is 0 Å². The molecule has 0 saturated heterocycles. The molecule has 0 radical (unpaired) electrons. The molecule has 0 aromatic carbocycles. The van der Waals surface area contributed by atoms with Crippen LogP contribution < -0.4 is 0 Å². The van der Waals surface area contributed by atoms with Crippen molar-refractivity contribution in [3.8, 4) is 0 Å². The normalized spacial score (nSPS) is 16.1. The summed E-state index contributed by atoms with van der Waals surface area (Å²) in [5, 5.41) is 0. The summed E-state index contributed by atoms with van der Waals surface area (Å²) in [4.78, 5) is 0. The third-order valence-corrected chi connectivity index (χ3v) is 2.84. The zero-order chi connectivity index (χ0) is 11.6. The molecule has 0 aliphatic heterocycles. The molecule has 0 heteroatoms. The Morgan fingerprint density at radius 1 is 0.857 bits per heavy atom. The van der Waals surface area contributed by atoms with Crippen LogP contribution in [0.2, 0.25) is 0 Å². The van der Waals surface area contributed by atoms with Crippen LogP contribution in [-0.2, 0) is 0 Å². The predicted octanol–water partition coefficient (Wildman–Crippen LogP) is 5.13. The van der Waals surface area contributed by atoms with Crippen LogP contribution >= 0.6 is 0 Å². The van der Waals surface area contributed by atoms with Crippen LogP contribution in [0.25, 0.3) is 0 Å². The maximum Gasteiger partial charge on any atom is -0.0354 e. The smallest absolute Gasteiger partial charge is 0.0354 e. The van der Waals surface area contributed by atoms with Crippen molar-refractivity contribution in [2.24, 2.45) is 22.7 Å². The van der Waals surface area contributed by atoms with E-state index in [1.54, 1.807) is 0 Å². The van der Waals surface area contributed by atoms with E-state index in [4.69, 9.17) is 0 Å². The first-order valence-corrected chi connectivity index (χ1v) is 6.02. The van der Waals surface area contributed by atoms with Crippen LogP contribution in [0, 0.1) is 22.7 Å². The fourth-order valence-electron chi connectivity index (χ4n) is 2.05. The number of hydrogen-bond acceptors (Lipinski definition) is 0. The Kier molecular flexibility index (Phi) is 4.68. The molecule has 0 aliphatic carbocycles. The van der Waals surface area contributed by atoms with Gasteiger partial charge in [0.1, 0.15) is 0 Å². The monoisotopic (exact) mass is 198 g/mol. The molecular weight excluding hydrogens is 168 g/mol. The lowest BCUT2D eigenvalue weighted by Gasteiger charge is -2.36. The lowest BCUT2D eigenvalue weighted by molar-refractivity contribution is 0.140. The summed E-state index contributed by atoms with van der Waals surface area (Å²) in [6, 6.07) is 0. The van der Waals surface area contributed by atoms with Crippen LogP contribution in [0.3, 0.4) is 0 Å². The zero-order valence-corrected chi connectivity index (χ0v) is 11.6. The lowest BCUT2D eigenvalue weighted by atomic mass is 9.69. The minimum absolute atomic E-state index is 0.456. The molecule has 0 nitrogen and oxygen atoms in total. The minimum Gasteiger partial charge on any atom is -0.0628 e. The quantitative estimate of drug-likeness (QED) is 0.589. The molecule has 0 aliphatic rings. The average Bonchev–Trinajstić information content (AvgIpc) is 1.78. The Labute approximate surface area is 91.5 Å². The maximum atomic E-state index is 2.38. The van der Waals surface area contributed by atoms with Gasteiger partial charge in [-0.15, -0.1) is 0 Å². The highest BCUT2D eigenvalue weighted by Gasteiger charge is 2.29. The van der Waals surface area contributed by atoms with Gasteiger partial charge < -0.3 is 0 Å². The van der Waals surface area contributed by atoms with E-state index in [1.807, 2.05) is 0 Å². The van der Waals surface area contributed by atoms with Gasteiger partial charge in [-0.25, -0.2) is 0 Å². The van der Waals surface area contributed by atoms with Crippen molar-refractivity contribution < 1.29 is 0 Å². The average molecular weight is 198 g/mol. The molecule has 0 rings (SSSR count). The van der Waals surface area contributed by atoms with Crippen molar-refractivity contribution in [2.45, 2.75) is 68.2 Å². The molecule has 0 amide bonds. The highest BCUT2D eigenvalue weighted by molar-refractivity contribution is 4.79. The first kappa shape index (κ1) is 14.0. The van der Waals surface area contributed by atoms with Gasteiger partial charge in [0.25, 0.3) is 0 Å². The highest BCUT2D eigenvalue weighted by atomic mass is 14.3. The van der Waals surface area contributed by atoms with Gasteiger partial charge in [0, 0.05) is 0 Å². The van der Waals surface area contributed by atoms with Gasteiger partial charge in [0.2, 0.25) is 0 Å². The second kappa shape index (κ2) is 4.68. The largest absolute Gasteiger partial charge is 0.0628 e. The Bertz CT molecular complexity index is 152. The minimum atomic E-state index is 0.456. The van der Waals surface area contributed by atoms with Gasteiger partial charge in [-0.1, -0.05) is 55.4 Å². The Balaban J connectivity index is 4.42. The summed E-state index contributed by atoms with van der Waals surface area (Å²) in [5.74, 6) is 1.67. The summed E-state index contributed by atoms with van der Waals surface area (Å²) in [7, 11) is 0. The number of hydrogen-bond donors (Lipinski definition) is 0. The van der Waals surface area contributed by atoms with Gasteiger partial charge in [-0.3, -0.25) is 0 Å². The van der Waals surface area contributed by atoms with Crippen molar-refractivity contribution in [3.63, 3.8) is 0 Å². The third kappa shape index (κ3) is 6.45. The zero-order valence-electron chi connectivity index (χ0n) is 11.6. The first-order valence-electron chi connectivity index (χ1n) is 6.02. The van der Waals surface area contributed by atoms with E-state index in [2.05, 4.69) is 55.4 Å². The third-order valence-electron chi connectivity index (χ3n) is 2.84. The lowest BCUT2D eigenvalue weighted by Crippen LogP contribution is -2.26. The fourth-order valence-corrected chi connectivity index (χ4v) is 2.05. The topological polar surface area (TPSA) is 0 Å². The van der Waals surface area contributed by atoms with Gasteiger partial charge in [0.05, 0.1) is 0 Å². The van der Waals surface area contributed by atoms with Crippen LogP contribution in [0.1, 0.15) is 68.2 Å². The van der Waals surface area contributed by atoms with Gasteiger partial charge in [0.15, 0.2) is 0 Å². The SMILES string of the molecule is CC(C)CC(CC(C)(C)C)C(C)(C)C. The molecular formula is C14H30. The summed E-state index contributed by atoms with van der Waals surface area (Å²) in [6.45, 7) is 18.9. The molecule has 0 fully saturated rings. The summed E-state index contributed by atoms with van der Waals surface area (Å²) >= 11 is 0. The molecule has 1 unspecified atom stereocenters. The van der Waals surface area contributed by atoms with Gasteiger partial charge >= 0.3 is 0 Å². The Morgan fingerprint density at radius 2 is 1.29 bits per heavy atom. The van der Waals surface area contributed by atoms with E-state index < -0.39 is 0 Å². The van der Waals surface area contributed by atoms with Crippen LogP contribution in [-0.4, -0.2) is 0 Å². The van der Waals surface area contributed by atoms with Crippen molar-refractivity contribution >= 4 is 0 Å². The molecule has 0 heterocycles. The van der Waals surface area contributed by atoms with Crippen molar-refractivity contribution in [2.75, 3.05) is 0 Å². The highest BCUT2D eigenvalue weighted by Crippen LogP contribution is 2.39. The van der Waals surface area contributed by atoms with Crippen molar-refractivity contribution in [1.29, 1.82) is 0 Å². The van der Waals surface area contributed by atoms with E-state index in [0.29, 0.717) is 10.8 Å². The molecule has 0 spiro atoms. The molecule has 14 heavy (non-hydrogen) atoms. The second-order valence-electron chi connectivity index (χ2n) is 7.46. The molecule has 86 valence electrons. The van der Waals surface area contributed by atoms with E-state index in [9.17, 15) is 0 Å². The Hall–Kier alpha value is 0. The second-order valence-corrected chi connectivity index (χ2v) is 7.46. The molecule has 0 N–H and O–H groups in total. The van der Waals surface area contributed by atoms with Crippen LogP contribution in [0.5, 0.6) is 0 Å². The summed E-state index contributed by atoms with van der Waals surface area (Å²) in [5.41, 5.74) is 0.921. The summed E-state index contributed by atoms with van der Waals surface area (Å²) < 4.78 is 0. The van der Waals surface area contributed by atoms with E-state index in [0.717, 1.165) is 11.8 Å². The van der Waals surface area contributed by atoms with Crippen molar-refractivity contribution in [1.82, 2.24) is 0 Å². The molecule has 1 atom stereocenters. The van der Waals surface area contributed by atoms with Crippen LogP contribution in [0.15, 0.2) is 0 Å². The molecule has 0 aromatic heterocycles. The van der Waals surface area contributed by atoms with Crippen molar-refractivity contribution in [3.05, 3.63) is 0 Å². The first-order chi connectivity index (χ1) is 6.02. The maximum absolute atomic E-state index is 2.38. The molecule has 0 bridgehead atoms. The fraction of sp³-hybridized carbons (Fsp3) is 1.00.